The van der Waals surface area contributed by atoms with E-state index < -0.39 is 0 Å². The third-order valence-electron chi connectivity index (χ3n) is 4.93. The minimum absolute atomic E-state index is 0.0815. The molecule has 5 nitrogen and oxygen atoms in total. The average molecular weight is 365 g/mol. The maximum atomic E-state index is 11.6. The van der Waals surface area contributed by atoms with Crippen molar-refractivity contribution in [3.05, 3.63) is 28.2 Å². The molecule has 128 valence electrons. The monoisotopic (exact) mass is 364 g/mol. The lowest BCUT2D eigenvalue weighted by molar-refractivity contribution is 0.181. The number of amides is 2. The Balaban J connectivity index is 1.32. The van der Waals surface area contributed by atoms with E-state index in [9.17, 15) is 4.79 Å². The number of likely N-dealkylation sites (tertiary alicyclic amines) is 1. The summed E-state index contributed by atoms with van der Waals surface area (Å²) in [6.45, 7) is 5.57. The van der Waals surface area contributed by atoms with E-state index in [0.717, 1.165) is 62.6 Å². The maximum Gasteiger partial charge on any atom is 0.317 e. The van der Waals surface area contributed by atoms with E-state index in [4.69, 9.17) is 16.6 Å². The average Bonchev–Trinajstić information content (AvgIpc) is 3.19. The highest BCUT2D eigenvalue weighted by atomic mass is 35.5. The third kappa shape index (κ3) is 3.36. The van der Waals surface area contributed by atoms with Gasteiger partial charge in [0.1, 0.15) is 0 Å². The van der Waals surface area contributed by atoms with Gasteiger partial charge in [-0.1, -0.05) is 11.6 Å². The first-order valence-corrected chi connectivity index (χ1v) is 9.69. The van der Waals surface area contributed by atoms with Crippen molar-refractivity contribution in [2.24, 2.45) is 0 Å². The molecule has 0 bridgehead atoms. The second-order valence-corrected chi connectivity index (χ2v) is 8.00. The summed E-state index contributed by atoms with van der Waals surface area (Å²) in [6, 6.07) is 6.03. The molecule has 0 saturated carbocycles. The van der Waals surface area contributed by atoms with Crippen LogP contribution in [0.3, 0.4) is 0 Å². The number of rotatable bonds is 4. The number of fused-ring (bicyclic) bond motifs is 1. The number of benzene rings is 1. The molecule has 0 unspecified atom stereocenters. The normalized spacial score (nSPS) is 20.0. The minimum Gasteiger partial charge on any atom is -0.336 e. The van der Waals surface area contributed by atoms with Crippen molar-refractivity contribution in [1.29, 1.82) is 0 Å². The highest BCUT2D eigenvalue weighted by molar-refractivity contribution is 7.18. The molecule has 2 aromatic rings. The molecule has 2 aliphatic heterocycles. The van der Waals surface area contributed by atoms with Crippen molar-refractivity contribution < 1.29 is 4.79 Å². The fourth-order valence-electron chi connectivity index (χ4n) is 3.48. The smallest absolute Gasteiger partial charge is 0.317 e. The van der Waals surface area contributed by atoms with Gasteiger partial charge in [-0.25, -0.2) is 9.78 Å². The molecular formula is C17H21ClN4OS. The minimum atomic E-state index is 0.0815. The molecule has 0 spiro atoms. The number of carbonyl (C=O) groups is 1. The molecule has 1 N–H and O–H groups in total. The summed E-state index contributed by atoms with van der Waals surface area (Å²) in [7, 11) is 0. The van der Waals surface area contributed by atoms with Crippen molar-refractivity contribution in [3.63, 3.8) is 0 Å². The van der Waals surface area contributed by atoms with Gasteiger partial charge in [0.25, 0.3) is 0 Å². The van der Waals surface area contributed by atoms with Crippen LogP contribution in [-0.2, 0) is 0 Å². The van der Waals surface area contributed by atoms with Crippen LogP contribution >= 0.6 is 22.9 Å². The van der Waals surface area contributed by atoms with Crippen LogP contribution < -0.4 is 5.32 Å². The first-order valence-electron chi connectivity index (χ1n) is 8.50. The van der Waals surface area contributed by atoms with E-state index in [1.165, 1.54) is 9.71 Å². The molecule has 2 fully saturated rings. The van der Waals surface area contributed by atoms with Crippen molar-refractivity contribution >= 4 is 39.2 Å². The summed E-state index contributed by atoms with van der Waals surface area (Å²) in [5.74, 6) is 0.549. The molecule has 3 heterocycles. The summed E-state index contributed by atoms with van der Waals surface area (Å²) >= 11 is 7.86. The lowest BCUT2D eigenvalue weighted by atomic mass is 9.97. The van der Waals surface area contributed by atoms with Gasteiger partial charge in [-0.15, -0.1) is 11.3 Å². The van der Waals surface area contributed by atoms with Crippen molar-refractivity contribution in [2.75, 3.05) is 39.3 Å². The lowest BCUT2D eigenvalue weighted by Crippen LogP contribution is -2.40. The van der Waals surface area contributed by atoms with Crippen molar-refractivity contribution in [3.8, 4) is 0 Å². The Morgan fingerprint density at radius 1 is 1.25 bits per heavy atom. The number of urea groups is 1. The van der Waals surface area contributed by atoms with Crippen molar-refractivity contribution in [2.45, 2.75) is 18.8 Å². The molecule has 2 saturated heterocycles. The summed E-state index contributed by atoms with van der Waals surface area (Å²) in [6.07, 6.45) is 2.28. The number of halogens is 1. The summed E-state index contributed by atoms with van der Waals surface area (Å²) in [4.78, 5) is 20.7. The zero-order valence-electron chi connectivity index (χ0n) is 13.5. The lowest BCUT2D eigenvalue weighted by Gasteiger charge is -2.32. The van der Waals surface area contributed by atoms with Gasteiger partial charge in [0.2, 0.25) is 0 Å². The first kappa shape index (κ1) is 16.1. The van der Waals surface area contributed by atoms with Crippen LogP contribution in [0.25, 0.3) is 10.2 Å². The van der Waals surface area contributed by atoms with E-state index >= 15 is 0 Å². The van der Waals surface area contributed by atoms with Gasteiger partial charge in [-0.05, 0) is 44.1 Å². The number of thiazole rings is 1. The Labute approximate surface area is 150 Å². The van der Waals surface area contributed by atoms with Gasteiger partial charge in [0.05, 0.1) is 15.2 Å². The fraction of sp³-hybridized carbons (Fsp3) is 0.529. The Kier molecular flexibility index (Phi) is 4.61. The third-order valence-corrected chi connectivity index (χ3v) is 6.37. The highest BCUT2D eigenvalue weighted by Gasteiger charge is 2.25. The van der Waals surface area contributed by atoms with Crippen LogP contribution in [0.4, 0.5) is 4.79 Å². The van der Waals surface area contributed by atoms with Crippen LogP contribution in [0.2, 0.25) is 5.02 Å². The van der Waals surface area contributed by atoms with Gasteiger partial charge >= 0.3 is 6.03 Å². The molecule has 0 aliphatic carbocycles. The Morgan fingerprint density at radius 3 is 2.83 bits per heavy atom. The number of carbonyl (C=O) groups excluding carboxylic acids is 1. The van der Waals surface area contributed by atoms with Crippen LogP contribution in [-0.4, -0.2) is 60.1 Å². The predicted octanol–water partition coefficient (Wildman–Crippen LogP) is 3.15. The van der Waals surface area contributed by atoms with E-state index in [1.54, 1.807) is 11.3 Å². The van der Waals surface area contributed by atoms with E-state index in [-0.39, 0.29) is 6.03 Å². The van der Waals surface area contributed by atoms with Crippen LogP contribution in [0, 0.1) is 0 Å². The molecule has 24 heavy (non-hydrogen) atoms. The highest BCUT2D eigenvalue weighted by Crippen LogP contribution is 2.34. The number of hydrogen-bond acceptors (Lipinski definition) is 4. The standard InChI is InChI=1S/C17H21ClN4OS/c18-13-1-2-15-14(11-13)20-16(24-15)12-3-6-21(7-4-12)9-10-22-8-5-19-17(22)23/h1-2,11-12H,3-10H2,(H,19,23). The number of aromatic nitrogens is 1. The van der Waals surface area contributed by atoms with Crippen LogP contribution in [0.1, 0.15) is 23.8 Å². The summed E-state index contributed by atoms with van der Waals surface area (Å²) in [5.41, 5.74) is 1.02. The summed E-state index contributed by atoms with van der Waals surface area (Å²) in [5, 5.41) is 4.85. The Hall–Kier alpha value is -1.37. The Bertz CT molecular complexity index is 741. The topological polar surface area (TPSA) is 48.5 Å². The Morgan fingerprint density at radius 2 is 2.08 bits per heavy atom. The molecule has 4 rings (SSSR count). The molecule has 7 heteroatoms. The summed E-state index contributed by atoms with van der Waals surface area (Å²) < 4.78 is 1.22. The molecular weight excluding hydrogens is 344 g/mol. The number of nitrogens with zero attached hydrogens (tertiary/aromatic N) is 3. The van der Waals surface area contributed by atoms with E-state index in [1.807, 2.05) is 17.0 Å². The molecule has 2 amide bonds. The predicted molar refractivity (Wildman–Crippen MR) is 98.0 cm³/mol. The second kappa shape index (κ2) is 6.86. The first-order chi connectivity index (χ1) is 11.7. The number of nitrogens with one attached hydrogen (secondary N) is 1. The van der Waals surface area contributed by atoms with Gasteiger partial charge in [-0.2, -0.15) is 0 Å². The van der Waals surface area contributed by atoms with Gasteiger partial charge < -0.3 is 15.1 Å². The molecule has 1 aromatic carbocycles. The molecule has 1 aromatic heterocycles. The fourth-order valence-corrected chi connectivity index (χ4v) is 4.77. The second-order valence-electron chi connectivity index (χ2n) is 6.50. The number of piperidine rings is 1. The molecule has 0 radical (unpaired) electrons. The zero-order valence-corrected chi connectivity index (χ0v) is 15.1. The zero-order chi connectivity index (χ0) is 16.5. The van der Waals surface area contributed by atoms with Gasteiger partial charge in [-0.3, -0.25) is 0 Å². The van der Waals surface area contributed by atoms with Crippen molar-refractivity contribution in [1.82, 2.24) is 20.1 Å². The van der Waals surface area contributed by atoms with Crippen LogP contribution in [0.15, 0.2) is 18.2 Å². The maximum absolute atomic E-state index is 11.6. The largest absolute Gasteiger partial charge is 0.336 e. The molecule has 0 atom stereocenters. The molecule has 2 aliphatic rings. The van der Waals surface area contributed by atoms with Gasteiger partial charge in [0, 0.05) is 37.1 Å². The van der Waals surface area contributed by atoms with E-state index in [2.05, 4.69) is 16.3 Å². The van der Waals surface area contributed by atoms with Crippen LogP contribution in [0.5, 0.6) is 0 Å². The van der Waals surface area contributed by atoms with Gasteiger partial charge in [0.15, 0.2) is 0 Å². The van der Waals surface area contributed by atoms with E-state index in [0.29, 0.717) is 5.92 Å². The quantitative estimate of drug-likeness (QED) is 0.906. The number of hydrogen-bond donors (Lipinski definition) is 1. The SMILES string of the molecule is O=C1NCCN1CCN1CCC(c2nc3cc(Cl)ccc3s2)CC1.